The van der Waals surface area contributed by atoms with Gasteiger partial charge < -0.3 is 4.74 Å². The molecule has 1 aliphatic heterocycles. The fourth-order valence-electron chi connectivity index (χ4n) is 2.62. The molecule has 18 heavy (non-hydrogen) atoms. The summed E-state index contributed by atoms with van der Waals surface area (Å²) in [7, 11) is 0. The van der Waals surface area contributed by atoms with Crippen LogP contribution in [-0.2, 0) is 4.74 Å². The predicted molar refractivity (Wildman–Crippen MR) is 80.3 cm³/mol. The van der Waals surface area contributed by atoms with Gasteiger partial charge in [0.25, 0.3) is 0 Å². The third kappa shape index (κ3) is 2.97. The van der Waals surface area contributed by atoms with Crippen LogP contribution >= 0.6 is 15.9 Å². The molecule has 4 unspecified atom stereocenters. The van der Waals surface area contributed by atoms with Gasteiger partial charge in [0, 0.05) is 17.4 Å². The van der Waals surface area contributed by atoms with Crippen molar-refractivity contribution < 1.29 is 4.74 Å². The quantitative estimate of drug-likeness (QED) is 0.706. The lowest BCUT2D eigenvalue weighted by molar-refractivity contribution is 0.105. The second-order valence-corrected chi connectivity index (χ2v) is 6.39. The van der Waals surface area contributed by atoms with E-state index in [1.54, 1.807) is 0 Å². The van der Waals surface area contributed by atoms with Crippen molar-refractivity contribution in [1.29, 1.82) is 0 Å². The van der Waals surface area contributed by atoms with Crippen molar-refractivity contribution in [3.05, 3.63) is 35.4 Å². The zero-order valence-corrected chi connectivity index (χ0v) is 13.1. The summed E-state index contributed by atoms with van der Waals surface area (Å²) in [6.45, 7) is 7.61. The fraction of sp³-hybridized carbons (Fsp3) is 0.625. The molecular formula is C16H23BrO. The van der Waals surface area contributed by atoms with Gasteiger partial charge in [0.1, 0.15) is 0 Å². The lowest BCUT2D eigenvalue weighted by Crippen LogP contribution is -2.16. The van der Waals surface area contributed by atoms with Gasteiger partial charge in [-0.3, -0.25) is 0 Å². The van der Waals surface area contributed by atoms with Gasteiger partial charge in [0.2, 0.25) is 0 Å². The van der Waals surface area contributed by atoms with Crippen molar-refractivity contribution in [3.8, 4) is 0 Å². The van der Waals surface area contributed by atoms with Crippen LogP contribution in [0.2, 0.25) is 0 Å². The zero-order chi connectivity index (χ0) is 13.1. The number of benzene rings is 1. The number of rotatable bonds is 4. The summed E-state index contributed by atoms with van der Waals surface area (Å²) >= 11 is 3.85. The first-order valence-electron chi connectivity index (χ1n) is 6.99. The zero-order valence-electron chi connectivity index (χ0n) is 11.5. The Morgan fingerprint density at radius 2 is 1.89 bits per heavy atom. The van der Waals surface area contributed by atoms with Gasteiger partial charge in [0.05, 0.1) is 6.10 Å². The molecule has 1 aromatic rings. The normalized spacial score (nSPS) is 27.1. The van der Waals surface area contributed by atoms with Crippen LogP contribution in [0.3, 0.4) is 0 Å². The Hall–Kier alpha value is -0.340. The van der Waals surface area contributed by atoms with E-state index in [0.717, 1.165) is 13.0 Å². The molecule has 4 atom stereocenters. The van der Waals surface area contributed by atoms with Gasteiger partial charge in [-0.1, -0.05) is 54.0 Å². The number of hydrogen-bond donors (Lipinski definition) is 0. The van der Waals surface area contributed by atoms with E-state index in [2.05, 4.69) is 61.0 Å². The topological polar surface area (TPSA) is 9.23 Å². The molecule has 0 aromatic heterocycles. The first-order chi connectivity index (χ1) is 8.63. The monoisotopic (exact) mass is 310 g/mol. The van der Waals surface area contributed by atoms with Gasteiger partial charge in [-0.2, -0.15) is 0 Å². The molecule has 100 valence electrons. The van der Waals surface area contributed by atoms with E-state index in [0.29, 0.717) is 22.8 Å². The third-order valence-corrected chi connectivity index (χ3v) is 5.45. The van der Waals surface area contributed by atoms with E-state index in [9.17, 15) is 0 Å². The van der Waals surface area contributed by atoms with E-state index in [1.165, 1.54) is 17.5 Å². The van der Waals surface area contributed by atoms with Crippen molar-refractivity contribution in [1.82, 2.24) is 0 Å². The molecule has 1 saturated heterocycles. The smallest absolute Gasteiger partial charge is 0.0589 e. The Kier molecular flexibility index (Phi) is 4.85. The second kappa shape index (κ2) is 6.21. The molecule has 2 heteroatoms. The van der Waals surface area contributed by atoms with Crippen LogP contribution in [0.4, 0.5) is 0 Å². The molecule has 1 aromatic carbocycles. The second-order valence-electron chi connectivity index (χ2n) is 5.41. The molecule has 0 amide bonds. The largest absolute Gasteiger partial charge is 0.378 e. The first kappa shape index (κ1) is 14.1. The summed E-state index contributed by atoms with van der Waals surface area (Å²) in [4.78, 5) is 0.418. The minimum atomic E-state index is 0.364. The lowest BCUT2D eigenvalue weighted by Gasteiger charge is -2.21. The van der Waals surface area contributed by atoms with E-state index >= 15 is 0 Å². The third-order valence-electron chi connectivity index (χ3n) is 4.25. The highest BCUT2D eigenvalue weighted by Crippen LogP contribution is 2.39. The summed E-state index contributed by atoms with van der Waals surface area (Å²) in [6.07, 6.45) is 2.72. The molecule has 0 spiro atoms. The maximum absolute atomic E-state index is 5.66. The molecule has 1 fully saturated rings. The number of alkyl halides is 1. The summed E-state index contributed by atoms with van der Waals surface area (Å²) in [6, 6.07) is 9.09. The average Bonchev–Trinajstić information content (AvgIpc) is 2.83. The molecule has 0 saturated carbocycles. The molecule has 0 bridgehead atoms. The average molecular weight is 311 g/mol. The minimum Gasteiger partial charge on any atom is -0.378 e. The molecule has 1 nitrogen and oxygen atoms in total. The highest BCUT2D eigenvalue weighted by atomic mass is 79.9. The van der Waals surface area contributed by atoms with Crippen molar-refractivity contribution >= 4 is 15.9 Å². The van der Waals surface area contributed by atoms with Gasteiger partial charge in [-0.25, -0.2) is 0 Å². The highest BCUT2D eigenvalue weighted by Gasteiger charge is 2.31. The van der Waals surface area contributed by atoms with Gasteiger partial charge in [-0.15, -0.1) is 0 Å². The van der Waals surface area contributed by atoms with Crippen LogP contribution in [0, 0.1) is 5.92 Å². The SMILES string of the molecule is CCC(C)c1ccc(C(Br)C2CCOC2C)cc1. The van der Waals surface area contributed by atoms with Gasteiger partial charge in [-0.05, 0) is 36.8 Å². The standard InChI is InChI=1S/C16H23BrO/c1-4-11(2)13-5-7-14(8-6-13)16(17)15-9-10-18-12(15)3/h5-8,11-12,15-16H,4,9-10H2,1-3H3. The summed E-state index contributed by atoms with van der Waals surface area (Å²) < 4.78 is 5.66. The van der Waals surface area contributed by atoms with E-state index < -0.39 is 0 Å². The number of halogens is 1. The van der Waals surface area contributed by atoms with E-state index in [4.69, 9.17) is 4.74 Å². The number of ether oxygens (including phenoxy) is 1. The Bertz CT molecular complexity index is 373. The Labute approximate surface area is 119 Å². The summed E-state index contributed by atoms with van der Waals surface area (Å²) in [5, 5.41) is 0. The lowest BCUT2D eigenvalue weighted by atomic mass is 9.91. The van der Waals surface area contributed by atoms with Crippen molar-refractivity contribution in [3.63, 3.8) is 0 Å². The van der Waals surface area contributed by atoms with Crippen molar-refractivity contribution in [2.45, 2.75) is 50.5 Å². The van der Waals surface area contributed by atoms with Gasteiger partial charge >= 0.3 is 0 Å². The minimum absolute atomic E-state index is 0.364. The predicted octanol–water partition coefficient (Wildman–Crippen LogP) is 5.06. The van der Waals surface area contributed by atoms with E-state index in [1.807, 2.05) is 0 Å². The van der Waals surface area contributed by atoms with Crippen LogP contribution in [-0.4, -0.2) is 12.7 Å². The fourth-order valence-corrected chi connectivity index (χ4v) is 3.62. The molecule has 2 rings (SSSR count). The number of hydrogen-bond acceptors (Lipinski definition) is 1. The molecule has 1 aliphatic rings. The van der Waals surface area contributed by atoms with Crippen LogP contribution < -0.4 is 0 Å². The molecule has 0 N–H and O–H groups in total. The maximum atomic E-state index is 5.66. The maximum Gasteiger partial charge on any atom is 0.0589 e. The highest BCUT2D eigenvalue weighted by molar-refractivity contribution is 9.09. The molecule has 0 aliphatic carbocycles. The summed E-state index contributed by atoms with van der Waals surface area (Å²) in [5.41, 5.74) is 2.82. The molecule has 0 radical (unpaired) electrons. The van der Waals surface area contributed by atoms with E-state index in [-0.39, 0.29) is 0 Å². The first-order valence-corrected chi connectivity index (χ1v) is 7.90. The molecule has 1 heterocycles. The van der Waals surface area contributed by atoms with Crippen LogP contribution in [0.5, 0.6) is 0 Å². The van der Waals surface area contributed by atoms with Crippen LogP contribution in [0.15, 0.2) is 24.3 Å². The Balaban J connectivity index is 2.09. The Morgan fingerprint density at radius 3 is 2.39 bits per heavy atom. The molecular weight excluding hydrogens is 288 g/mol. The van der Waals surface area contributed by atoms with Crippen LogP contribution in [0.25, 0.3) is 0 Å². The van der Waals surface area contributed by atoms with Crippen molar-refractivity contribution in [2.24, 2.45) is 5.92 Å². The van der Waals surface area contributed by atoms with Crippen molar-refractivity contribution in [2.75, 3.05) is 6.61 Å². The van der Waals surface area contributed by atoms with Crippen LogP contribution in [0.1, 0.15) is 55.5 Å². The Morgan fingerprint density at radius 1 is 1.28 bits per heavy atom. The van der Waals surface area contributed by atoms with Gasteiger partial charge in [0.15, 0.2) is 0 Å². The summed E-state index contributed by atoms with van der Waals surface area (Å²) in [5.74, 6) is 1.25.